The van der Waals surface area contributed by atoms with E-state index in [0.717, 1.165) is 17.4 Å². The maximum atomic E-state index is 13.9. The largest absolute Gasteiger partial charge is 0.491 e. The molecule has 0 bridgehead atoms. The molecule has 1 unspecified atom stereocenters. The molecule has 2 nitrogen and oxygen atoms in total. The molecule has 2 aromatic rings. The van der Waals surface area contributed by atoms with E-state index in [1.807, 2.05) is 38.1 Å². The molecule has 0 spiro atoms. The summed E-state index contributed by atoms with van der Waals surface area (Å²) in [6, 6.07) is 11.2. The van der Waals surface area contributed by atoms with Crippen molar-refractivity contribution >= 4 is 0 Å². The third-order valence-electron chi connectivity index (χ3n) is 3.17. The van der Waals surface area contributed by atoms with E-state index in [0.29, 0.717) is 0 Å². The second-order valence-electron chi connectivity index (χ2n) is 5.10. The number of ether oxygens (including phenoxy) is 1. The van der Waals surface area contributed by atoms with Crippen LogP contribution >= 0.6 is 0 Å². The van der Waals surface area contributed by atoms with Crippen molar-refractivity contribution in [1.82, 2.24) is 5.32 Å². The molecule has 0 saturated carbocycles. The lowest BCUT2D eigenvalue weighted by Crippen LogP contribution is -2.19. The molecule has 2 rings (SSSR count). The first-order valence-electron chi connectivity index (χ1n) is 6.90. The average molecular weight is 291 g/mol. The Hall–Kier alpha value is -1.94. The van der Waals surface area contributed by atoms with Crippen molar-refractivity contribution in [3.63, 3.8) is 0 Å². The van der Waals surface area contributed by atoms with Gasteiger partial charge in [0.25, 0.3) is 0 Å². The molecular weight excluding hydrogens is 272 g/mol. The second kappa shape index (κ2) is 6.68. The fraction of sp³-hybridized carbons (Fsp3) is 0.294. The molecule has 21 heavy (non-hydrogen) atoms. The van der Waals surface area contributed by atoms with Gasteiger partial charge in [0.05, 0.1) is 12.1 Å². The zero-order valence-corrected chi connectivity index (χ0v) is 12.4. The minimum atomic E-state index is -0.840. The third kappa shape index (κ3) is 3.58. The third-order valence-corrected chi connectivity index (χ3v) is 3.17. The van der Waals surface area contributed by atoms with Crippen LogP contribution in [0.1, 0.15) is 31.0 Å². The molecule has 0 fully saturated rings. The predicted octanol–water partition coefficient (Wildman–Crippen LogP) is 4.06. The highest BCUT2D eigenvalue weighted by molar-refractivity contribution is 5.36. The molecule has 1 N–H and O–H groups in total. The molecule has 0 aliphatic carbocycles. The normalized spacial score (nSPS) is 12.5. The van der Waals surface area contributed by atoms with Gasteiger partial charge in [0.2, 0.25) is 0 Å². The standard InChI is InChI=1S/C17H19F2NO/c1-11(2)21-13-9-7-12(8-10-13)17(20-3)14-5-4-6-15(18)16(14)19/h4-11,17,20H,1-3H3. The number of rotatable bonds is 5. The summed E-state index contributed by atoms with van der Waals surface area (Å²) < 4.78 is 32.9. The van der Waals surface area contributed by atoms with Crippen molar-refractivity contribution in [2.45, 2.75) is 26.0 Å². The number of halogens is 2. The molecule has 2 aromatic carbocycles. The fourth-order valence-electron chi connectivity index (χ4n) is 2.26. The first kappa shape index (κ1) is 15.4. The molecule has 112 valence electrons. The van der Waals surface area contributed by atoms with E-state index < -0.39 is 17.7 Å². The zero-order chi connectivity index (χ0) is 15.4. The van der Waals surface area contributed by atoms with E-state index in [2.05, 4.69) is 5.32 Å². The van der Waals surface area contributed by atoms with Crippen LogP contribution in [0.15, 0.2) is 42.5 Å². The lowest BCUT2D eigenvalue weighted by Gasteiger charge is -2.19. The molecule has 0 heterocycles. The van der Waals surface area contributed by atoms with Gasteiger partial charge in [-0.05, 0) is 44.7 Å². The van der Waals surface area contributed by atoms with Crippen LogP contribution in [0.5, 0.6) is 5.75 Å². The van der Waals surface area contributed by atoms with Gasteiger partial charge in [0.1, 0.15) is 5.75 Å². The van der Waals surface area contributed by atoms with Crippen molar-refractivity contribution in [3.05, 3.63) is 65.2 Å². The monoisotopic (exact) mass is 291 g/mol. The molecule has 0 amide bonds. The van der Waals surface area contributed by atoms with Crippen molar-refractivity contribution < 1.29 is 13.5 Å². The molecule has 4 heteroatoms. The first-order chi connectivity index (χ1) is 10.0. The van der Waals surface area contributed by atoms with Gasteiger partial charge in [-0.2, -0.15) is 0 Å². The van der Waals surface area contributed by atoms with Crippen LogP contribution in [0.4, 0.5) is 8.78 Å². The van der Waals surface area contributed by atoms with Crippen LogP contribution in [0.3, 0.4) is 0 Å². The summed E-state index contributed by atoms with van der Waals surface area (Å²) in [5, 5.41) is 3.02. The van der Waals surface area contributed by atoms with Crippen molar-refractivity contribution in [1.29, 1.82) is 0 Å². The predicted molar refractivity (Wildman–Crippen MR) is 79.5 cm³/mol. The average Bonchev–Trinajstić information content (AvgIpc) is 2.45. The molecule has 0 aromatic heterocycles. The van der Waals surface area contributed by atoms with E-state index in [9.17, 15) is 8.78 Å². The summed E-state index contributed by atoms with van der Waals surface area (Å²) in [6.45, 7) is 3.90. The van der Waals surface area contributed by atoms with E-state index in [1.165, 1.54) is 6.07 Å². The van der Waals surface area contributed by atoms with Crippen LogP contribution < -0.4 is 10.1 Å². The number of hydrogen-bond donors (Lipinski definition) is 1. The Kier molecular flexibility index (Phi) is 4.91. The maximum absolute atomic E-state index is 13.9. The topological polar surface area (TPSA) is 21.3 Å². The SMILES string of the molecule is CNC(c1ccc(OC(C)C)cc1)c1cccc(F)c1F. The van der Waals surface area contributed by atoms with Gasteiger partial charge in [0, 0.05) is 5.56 Å². The smallest absolute Gasteiger partial charge is 0.163 e. The molecule has 0 aliphatic heterocycles. The summed E-state index contributed by atoms with van der Waals surface area (Å²) in [5.74, 6) is -0.907. The first-order valence-corrected chi connectivity index (χ1v) is 6.90. The lowest BCUT2D eigenvalue weighted by molar-refractivity contribution is 0.242. The molecule has 0 aliphatic rings. The summed E-state index contributed by atoms with van der Waals surface area (Å²) in [4.78, 5) is 0. The Morgan fingerprint density at radius 1 is 1.00 bits per heavy atom. The summed E-state index contributed by atoms with van der Waals surface area (Å²) in [7, 11) is 1.72. The van der Waals surface area contributed by atoms with Crippen LogP contribution in [-0.4, -0.2) is 13.2 Å². The Morgan fingerprint density at radius 3 is 2.24 bits per heavy atom. The summed E-state index contributed by atoms with van der Waals surface area (Å²) >= 11 is 0. The highest BCUT2D eigenvalue weighted by Gasteiger charge is 2.18. The Balaban J connectivity index is 2.31. The van der Waals surface area contributed by atoms with Gasteiger partial charge < -0.3 is 10.1 Å². The molecule has 1 atom stereocenters. The van der Waals surface area contributed by atoms with Crippen LogP contribution in [0.25, 0.3) is 0 Å². The Bertz CT molecular complexity index is 596. The molecule has 0 radical (unpaired) electrons. The number of benzene rings is 2. The van der Waals surface area contributed by atoms with Gasteiger partial charge >= 0.3 is 0 Å². The summed E-state index contributed by atoms with van der Waals surface area (Å²) in [5.41, 5.74) is 1.13. The highest BCUT2D eigenvalue weighted by atomic mass is 19.2. The summed E-state index contributed by atoms with van der Waals surface area (Å²) in [6.07, 6.45) is 0.0941. The number of nitrogens with one attached hydrogen (secondary N) is 1. The second-order valence-corrected chi connectivity index (χ2v) is 5.10. The van der Waals surface area contributed by atoms with Crippen LogP contribution in [0.2, 0.25) is 0 Å². The van der Waals surface area contributed by atoms with E-state index >= 15 is 0 Å². The van der Waals surface area contributed by atoms with Gasteiger partial charge in [-0.15, -0.1) is 0 Å². The van der Waals surface area contributed by atoms with Gasteiger partial charge in [-0.3, -0.25) is 0 Å². The maximum Gasteiger partial charge on any atom is 0.163 e. The minimum absolute atomic E-state index is 0.0941. The molecule has 0 saturated heterocycles. The van der Waals surface area contributed by atoms with Crippen molar-refractivity contribution in [2.75, 3.05) is 7.05 Å². The van der Waals surface area contributed by atoms with Crippen molar-refractivity contribution in [3.8, 4) is 5.75 Å². The van der Waals surface area contributed by atoms with Gasteiger partial charge in [0.15, 0.2) is 11.6 Å². The quantitative estimate of drug-likeness (QED) is 0.897. The molecular formula is C17H19F2NO. The zero-order valence-electron chi connectivity index (χ0n) is 12.4. The lowest BCUT2D eigenvalue weighted by atomic mass is 9.98. The Morgan fingerprint density at radius 2 is 1.67 bits per heavy atom. The minimum Gasteiger partial charge on any atom is -0.491 e. The Labute approximate surface area is 123 Å². The van der Waals surface area contributed by atoms with Crippen LogP contribution in [0, 0.1) is 11.6 Å². The number of hydrogen-bond acceptors (Lipinski definition) is 2. The highest BCUT2D eigenvalue weighted by Crippen LogP contribution is 2.27. The van der Waals surface area contributed by atoms with E-state index in [1.54, 1.807) is 13.1 Å². The van der Waals surface area contributed by atoms with Crippen molar-refractivity contribution in [2.24, 2.45) is 0 Å². The fourth-order valence-corrected chi connectivity index (χ4v) is 2.26. The van der Waals surface area contributed by atoms with E-state index in [4.69, 9.17) is 4.74 Å². The van der Waals surface area contributed by atoms with Crippen LogP contribution in [-0.2, 0) is 0 Å². The van der Waals surface area contributed by atoms with Gasteiger partial charge in [-0.1, -0.05) is 24.3 Å². The van der Waals surface area contributed by atoms with Gasteiger partial charge in [-0.25, -0.2) is 8.78 Å². The van der Waals surface area contributed by atoms with E-state index in [-0.39, 0.29) is 11.7 Å².